The number of hydrogen-bond donors (Lipinski definition) is 0. The van der Waals surface area contributed by atoms with Crippen LogP contribution in [-0.4, -0.2) is 23.6 Å². The first-order chi connectivity index (χ1) is 7.45. The minimum atomic E-state index is -1.16. The zero-order valence-electron chi connectivity index (χ0n) is 10.2. The van der Waals surface area contributed by atoms with Crippen molar-refractivity contribution in [3.8, 4) is 0 Å². The molecule has 1 aliphatic carbocycles. The van der Waals surface area contributed by atoms with Crippen molar-refractivity contribution in [3.63, 3.8) is 0 Å². The Bertz CT molecular complexity index is 266. The molecule has 0 amide bonds. The molecule has 0 N–H and O–H groups in total. The Morgan fingerprint density at radius 3 is 2.38 bits per heavy atom. The van der Waals surface area contributed by atoms with E-state index in [9.17, 15) is 9.59 Å². The minimum Gasteiger partial charge on any atom is -0.459 e. The zero-order chi connectivity index (χ0) is 12.2. The van der Waals surface area contributed by atoms with Crippen molar-refractivity contribution >= 4 is 11.9 Å². The van der Waals surface area contributed by atoms with Crippen molar-refractivity contribution in [2.45, 2.75) is 64.6 Å². The summed E-state index contributed by atoms with van der Waals surface area (Å²) in [6, 6.07) is 0. The van der Waals surface area contributed by atoms with E-state index in [0.717, 1.165) is 19.3 Å². The molecule has 0 saturated heterocycles. The van der Waals surface area contributed by atoms with Gasteiger partial charge in [0.25, 0.3) is 0 Å². The SMILES string of the molecule is CCCC(=O)OC(C)(C)C(=O)OC1CCC1. The Morgan fingerprint density at radius 1 is 1.31 bits per heavy atom. The van der Waals surface area contributed by atoms with Crippen LogP contribution in [0.4, 0.5) is 0 Å². The van der Waals surface area contributed by atoms with Gasteiger partial charge in [0, 0.05) is 6.42 Å². The van der Waals surface area contributed by atoms with E-state index in [4.69, 9.17) is 9.47 Å². The normalized spacial score (nSPS) is 16.4. The van der Waals surface area contributed by atoms with Crippen molar-refractivity contribution in [2.75, 3.05) is 0 Å². The van der Waals surface area contributed by atoms with Gasteiger partial charge in [0.15, 0.2) is 0 Å². The Morgan fingerprint density at radius 2 is 1.94 bits per heavy atom. The third-order valence-electron chi connectivity index (χ3n) is 2.64. The van der Waals surface area contributed by atoms with Gasteiger partial charge in [-0.3, -0.25) is 4.79 Å². The molecule has 1 aliphatic rings. The molecule has 0 aliphatic heterocycles. The van der Waals surface area contributed by atoms with Gasteiger partial charge in [-0.15, -0.1) is 0 Å². The van der Waals surface area contributed by atoms with Crippen LogP contribution in [0.2, 0.25) is 0 Å². The Labute approximate surface area is 96.3 Å². The summed E-state index contributed by atoms with van der Waals surface area (Å²) in [6.45, 7) is 5.03. The van der Waals surface area contributed by atoms with Gasteiger partial charge in [0.05, 0.1) is 0 Å². The maximum Gasteiger partial charge on any atom is 0.350 e. The van der Waals surface area contributed by atoms with Gasteiger partial charge in [-0.2, -0.15) is 0 Å². The van der Waals surface area contributed by atoms with Crippen molar-refractivity contribution in [1.82, 2.24) is 0 Å². The van der Waals surface area contributed by atoms with Crippen molar-refractivity contribution in [3.05, 3.63) is 0 Å². The quantitative estimate of drug-likeness (QED) is 0.677. The second-order valence-electron chi connectivity index (χ2n) is 4.69. The molecule has 0 radical (unpaired) electrons. The van der Waals surface area contributed by atoms with Crippen molar-refractivity contribution < 1.29 is 19.1 Å². The van der Waals surface area contributed by atoms with Gasteiger partial charge in [0.1, 0.15) is 6.10 Å². The first-order valence-electron chi connectivity index (χ1n) is 5.88. The van der Waals surface area contributed by atoms with E-state index < -0.39 is 11.6 Å². The molecule has 0 atom stereocenters. The molecule has 0 bridgehead atoms. The number of rotatable bonds is 5. The van der Waals surface area contributed by atoms with Crippen molar-refractivity contribution in [1.29, 1.82) is 0 Å². The summed E-state index contributed by atoms with van der Waals surface area (Å²) in [4.78, 5) is 23.0. The van der Waals surface area contributed by atoms with Gasteiger partial charge in [-0.05, 0) is 39.5 Å². The molecule has 0 aromatic heterocycles. The maximum atomic E-state index is 11.7. The van der Waals surface area contributed by atoms with E-state index in [1.165, 1.54) is 0 Å². The summed E-state index contributed by atoms with van der Waals surface area (Å²) < 4.78 is 10.3. The highest BCUT2D eigenvalue weighted by Gasteiger charge is 2.36. The number of esters is 2. The molecule has 1 saturated carbocycles. The fourth-order valence-corrected chi connectivity index (χ4v) is 1.36. The molecule has 1 fully saturated rings. The second kappa shape index (κ2) is 5.32. The molecular formula is C12H20O4. The number of carbonyl (C=O) groups excluding carboxylic acids is 2. The highest BCUT2D eigenvalue weighted by molar-refractivity contribution is 5.82. The predicted molar refractivity (Wildman–Crippen MR) is 58.8 cm³/mol. The molecule has 4 heteroatoms. The first kappa shape index (κ1) is 13.0. The van der Waals surface area contributed by atoms with Gasteiger partial charge in [-0.25, -0.2) is 4.79 Å². The Kier molecular flexibility index (Phi) is 4.33. The third-order valence-corrected chi connectivity index (χ3v) is 2.64. The van der Waals surface area contributed by atoms with Gasteiger partial charge >= 0.3 is 11.9 Å². The summed E-state index contributed by atoms with van der Waals surface area (Å²) in [5.41, 5.74) is -1.16. The van der Waals surface area contributed by atoms with Crippen LogP contribution in [0.3, 0.4) is 0 Å². The smallest absolute Gasteiger partial charge is 0.350 e. The molecule has 0 spiro atoms. The van der Waals surface area contributed by atoms with Crippen LogP contribution >= 0.6 is 0 Å². The molecule has 0 unspecified atom stereocenters. The lowest BCUT2D eigenvalue weighted by atomic mass is 9.96. The largest absolute Gasteiger partial charge is 0.459 e. The minimum absolute atomic E-state index is 0.0247. The summed E-state index contributed by atoms with van der Waals surface area (Å²) in [6.07, 6.45) is 4.02. The maximum absolute atomic E-state index is 11.7. The average molecular weight is 228 g/mol. The summed E-state index contributed by atoms with van der Waals surface area (Å²) in [7, 11) is 0. The van der Waals surface area contributed by atoms with Gasteiger partial charge in [0.2, 0.25) is 5.60 Å². The molecule has 16 heavy (non-hydrogen) atoms. The summed E-state index contributed by atoms with van der Waals surface area (Å²) in [5.74, 6) is -0.792. The van der Waals surface area contributed by atoms with Gasteiger partial charge in [-0.1, -0.05) is 6.92 Å². The van der Waals surface area contributed by atoms with Crippen LogP contribution in [0.15, 0.2) is 0 Å². The van der Waals surface area contributed by atoms with E-state index in [0.29, 0.717) is 12.8 Å². The lowest BCUT2D eigenvalue weighted by Crippen LogP contribution is -2.41. The topological polar surface area (TPSA) is 52.6 Å². The third kappa shape index (κ3) is 3.51. The van der Waals surface area contributed by atoms with Crippen LogP contribution in [0, 0.1) is 0 Å². The van der Waals surface area contributed by atoms with Crippen molar-refractivity contribution in [2.24, 2.45) is 0 Å². The van der Waals surface area contributed by atoms with Crippen LogP contribution in [0.5, 0.6) is 0 Å². The fraction of sp³-hybridized carbons (Fsp3) is 0.833. The standard InChI is InChI=1S/C12H20O4/c1-4-6-10(13)16-12(2,3)11(14)15-9-7-5-8-9/h9H,4-8H2,1-3H3. The fourth-order valence-electron chi connectivity index (χ4n) is 1.36. The molecular weight excluding hydrogens is 208 g/mol. The molecule has 92 valence electrons. The first-order valence-corrected chi connectivity index (χ1v) is 5.88. The molecule has 0 heterocycles. The Balaban J connectivity index is 2.41. The highest BCUT2D eigenvalue weighted by Crippen LogP contribution is 2.24. The van der Waals surface area contributed by atoms with Crippen LogP contribution < -0.4 is 0 Å². The lowest BCUT2D eigenvalue weighted by molar-refractivity contribution is -0.185. The van der Waals surface area contributed by atoms with E-state index in [1.807, 2.05) is 6.92 Å². The van der Waals surface area contributed by atoms with E-state index in [-0.39, 0.29) is 12.1 Å². The number of ether oxygens (including phenoxy) is 2. The molecule has 1 rings (SSSR count). The second-order valence-corrected chi connectivity index (χ2v) is 4.69. The molecule has 4 nitrogen and oxygen atoms in total. The lowest BCUT2D eigenvalue weighted by Gasteiger charge is -2.30. The molecule has 0 aromatic rings. The highest BCUT2D eigenvalue weighted by atomic mass is 16.6. The zero-order valence-corrected chi connectivity index (χ0v) is 10.2. The van der Waals surface area contributed by atoms with E-state index >= 15 is 0 Å². The average Bonchev–Trinajstić information content (AvgIpc) is 2.10. The monoisotopic (exact) mass is 228 g/mol. The Hall–Kier alpha value is -1.06. The van der Waals surface area contributed by atoms with Crippen LogP contribution in [0.25, 0.3) is 0 Å². The van der Waals surface area contributed by atoms with Gasteiger partial charge < -0.3 is 9.47 Å². The summed E-state index contributed by atoms with van der Waals surface area (Å²) in [5, 5.41) is 0. The number of hydrogen-bond acceptors (Lipinski definition) is 4. The summed E-state index contributed by atoms with van der Waals surface area (Å²) >= 11 is 0. The van der Waals surface area contributed by atoms with E-state index in [1.54, 1.807) is 13.8 Å². The van der Waals surface area contributed by atoms with E-state index in [2.05, 4.69) is 0 Å². The molecule has 0 aromatic carbocycles. The number of carbonyl (C=O) groups is 2. The van der Waals surface area contributed by atoms with Crippen LogP contribution in [-0.2, 0) is 19.1 Å². The van der Waals surface area contributed by atoms with Crippen LogP contribution in [0.1, 0.15) is 52.9 Å². The predicted octanol–water partition coefficient (Wildman–Crippen LogP) is 2.20.